The Hall–Kier alpha value is -7.99. The van der Waals surface area contributed by atoms with Crippen molar-refractivity contribution >= 4 is 64.2 Å². The number of aromatic nitrogens is 2. The molecule has 23 nitrogen and oxygen atoms in total. The third-order valence-electron chi connectivity index (χ3n) is 13.7. The highest BCUT2D eigenvalue weighted by Crippen LogP contribution is 2.46. The summed E-state index contributed by atoms with van der Waals surface area (Å²) in [6.45, 7) is 8.55. The number of amides is 8. The average molecular weight is 1060 g/mol. The second kappa shape index (κ2) is 23.7. The maximum absolute atomic E-state index is 15.3. The van der Waals surface area contributed by atoms with Crippen LogP contribution in [0.15, 0.2) is 41.2 Å². The number of halogens is 1. The number of pyridine rings is 2. The fourth-order valence-corrected chi connectivity index (χ4v) is 9.44. The first kappa shape index (κ1) is 55.8. The van der Waals surface area contributed by atoms with Gasteiger partial charge in [0.25, 0.3) is 5.56 Å². The number of aliphatic hydroxyl groups is 1. The fraction of sp³-hybridized carbons (Fsp3) is 0.462. The predicted octanol–water partition coefficient (Wildman–Crippen LogP) is 2.32. The van der Waals surface area contributed by atoms with Gasteiger partial charge < -0.3 is 66.8 Å². The Bertz CT molecular complexity index is 3040. The van der Waals surface area contributed by atoms with E-state index in [-0.39, 0.29) is 74.7 Å². The number of esters is 1. The highest BCUT2D eigenvalue weighted by atomic mass is 19.1. The Morgan fingerprint density at radius 3 is 2.37 bits per heavy atom. The second-order valence-corrected chi connectivity index (χ2v) is 19.6. The lowest BCUT2D eigenvalue weighted by molar-refractivity contribution is -0.172. The number of rotatable bonds is 21. The van der Waals surface area contributed by atoms with Crippen LogP contribution >= 0.6 is 0 Å². The van der Waals surface area contributed by atoms with Crippen LogP contribution in [0.1, 0.15) is 105 Å². The summed E-state index contributed by atoms with van der Waals surface area (Å²) >= 11 is 0. The number of hydrogen-bond acceptors (Lipinski definition) is 14. The SMILES string of the molecule is CC[C@@]1(O)C(=O)OCc2c1cc1n(c2=O)Cc2c-1nc1cc(F)c(C)c3c1c2[C@@H](NC(=O)COCNC(=O)CNC(=O)OCc1ccc(NC(=O)[C@H](CCCNC(N)=O)NC(=O)[C@@H](NC(=O)C(C)C)C(C)C)cc1)CC3. The molecule has 406 valence electrons. The number of nitrogens with one attached hydrogen (secondary N) is 7. The van der Waals surface area contributed by atoms with Gasteiger partial charge in [0.2, 0.25) is 29.5 Å². The standard InChI is InChI=1S/C52H63FN10O13/c1-7-52(73)33-17-38-44-31(20-63(38)48(69)32(33)22-75-49(52)70)42-35(15-14-30-27(6)34(53)18-37(60-44)41(30)42)59-40(65)23-74-24-57-39(64)19-56-51(72)76-21-28-10-12-29(13-11-28)58-46(67)36(9-8-16-55-50(54)71)61-47(68)43(25(2)3)62-45(66)26(4)5/h10-13,17-18,25-26,35-36,43,73H,7-9,14-16,19-24H2,1-6H3,(H,56,72)(H,57,64)(H,58,67)(H,59,65)(H,61,68)(H,62,66)(H3,54,55,71)/t35-,36-,43-,52-/m0/s1. The Morgan fingerprint density at radius 2 is 1.68 bits per heavy atom. The Balaban J connectivity index is 0.881. The first-order chi connectivity index (χ1) is 36.1. The van der Waals surface area contributed by atoms with E-state index in [0.717, 1.165) is 5.56 Å². The van der Waals surface area contributed by atoms with E-state index in [1.165, 1.54) is 10.6 Å². The van der Waals surface area contributed by atoms with Gasteiger partial charge in [0.1, 0.15) is 51.0 Å². The van der Waals surface area contributed by atoms with Gasteiger partial charge in [-0.2, -0.15) is 0 Å². The van der Waals surface area contributed by atoms with Gasteiger partial charge in [-0.1, -0.05) is 46.8 Å². The summed E-state index contributed by atoms with van der Waals surface area (Å²) in [6, 6.07) is 5.87. The smallest absolute Gasteiger partial charge is 0.407 e. The van der Waals surface area contributed by atoms with Crippen LogP contribution in [-0.2, 0) is 74.8 Å². The molecule has 3 aliphatic rings. The Kier molecular flexibility index (Phi) is 17.4. The van der Waals surface area contributed by atoms with Crippen LogP contribution in [0.5, 0.6) is 0 Å². The molecule has 1 aliphatic carbocycles. The first-order valence-electron chi connectivity index (χ1n) is 25.0. The summed E-state index contributed by atoms with van der Waals surface area (Å²) in [6.07, 6.45) is 0.259. The molecule has 4 heterocycles. The largest absolute Gasteiger partial charge is 0.458 e. The molecule has 4 atom stereocenters. The van der Waals surface area contributed by atoms with Crippen molar-refractivity contribution in [3.63, 3.8) is 0 Å². The zero-order valence-electron chi connectivity index (χ0n) is 43.0. The van der Waals surface area contributed by atoms with Crippen LogP contribution in [0, 0.1) is 24.6 Å². The molecule has 0 unspecified atom stereocenters. The van der Waals surface area contributed by atoms with Crippen molar-refractivity contribution in [2.75, 3.05) is 31.7 Å². The van der Waals surface area contributed by atoms with E-state index in [0.29, 0.717) is 69.5 Å². The number of alkyl carbamates (subject to hydrolysis) is 1. The lowest BCUT2D eigenvalue weighted by Gasteiger charge is -2.31. The van der Waals surface area contributed by atoms with Crippen LogP contribution in [0.2, 0.25) is 0 Å². The van der Waals surface area contributed by atoms with Crippen LogP contribution in [0.4, 0.5) is 19.7 Å². The lowest BCUT2D eigenvalue weighted by Crippen LogP contribution is -2.55. The van der Waals surface area contributed by atoms with Gasteiger partial charge in [-0.25, -0.2) is 23.8 Å². The van der Waals surface area contributed by atoms with Crippen LogP contribution in [-0.4, -0.2) is 101 Å². The number of anilines is 1. The van der Waals surface area contributed by atoms with Crippen molar-refractivity contribution in [1.82, 2.24) is 41.5 Å². The molecular weight excluding hydrogens is 992 g/mol. The van der Waals surface area contributed by atoms with Gasteiger partial charge in [0.15, 0.2) is 5.60 Å². The molecule has 0 bridgehead atoms. The quantitative estimate of drug-likeness (QED) is 0.0290. The number of benzene rings is 2. The minimum Gasteiger partial charge on any atom is -0.458 e. The molecule has 0 radical (unpaired) electrons. The van der Waals surface area contributed by atoms with E-state index < -0.39 is 90.0 Å². The van der Waals surface area contributed by atoms with E-state index in [1.807, 2.05) is 0 Å². The average Bonchev–Trinajstić information content (AvgIpc) is 3.91. The minimum atomic E-state index is -2.05. The number of cyclic esters (lactones) is 1. The molecule has 2 aliphatic heterocycles. The Labute approximate surface area is 435 Å². The molecule has 0 saturated heterocycles. The van der Waals surface area contributed by atoms with Crippen molar-refractivity contribution in [3.8, 4) is 11.4 Å². The first-order valence-corrected chi connectivity index (χ1v) is 25.0. The van der Waals surface area contributed by atoms with Crippen molar-refractivity contribution in [2.45, 2.75) is 117 Å². The van der Waals surface area contributed by atoms with Crippen LogP contribution in [0.3, 0.4) is 0 Å². The number of fused-ring (bicyclic) bond motifs is 5. The number of carbonyl (C=O) groups excluding carboxylic acids is 8. The molecule has 0 spiro atoms. The zero-order chi connectivity index (χ0) is 55.2. The van der Waals surface area contributed by atoms with E-state index >= 15 is 4.39 Å². The van der Waals surface area contributed by atoms with Gasteiger partial charge >= 0.3 is 18.1 Å². The maximum Gasteiger partial charge on any atom is 0.407 e. The summed E-state index contributed by atoms with van der Waals surface area (Å²) in [5.74, 6) is -4.60. The number of nitrogens with two attached hydrogens (primary N) is 1. The van der Waals surface area contributed by atoms with Gasteiger partial charge in [-0.15, -0.1) is 0 Å². The number of carbonyl (C=O) groups is 8. The van der Waals surface area contributed by atoms with Crippen LogP contribution < -0.4 is 48.5 Å². The van der Waals surface area contributed by atoms with E-state index in [1.54, 1.807) is 71.9 Å². The minimum absolute atomic E-state index is 0.0447. The molecule has 7 rings (SSSR count). The fourth-order valence-electron chi connectivity index (χ4n) is 9.44. The van der Waals surface area contributed by atoms with Crippen molar-refractivity contribution in [1.29, 1.82) is 0 Å². The maximum atomic E-state index is 15.3. The molecular formula is C52H63FN10O13. The zero-order valence-corrected chi connectivity index (χ0v) is 43.0. The predicted molar refractivity (Wildman–Crippen MR) is 271 cm³/mol. The van der Waals surface area contributed by atoms with Gasteiger partial charge in [-0.05, 0) is 85.4 Å². The van der Waals surface area contributed by atoms with Gasteiger partial charge in [0.05, 0.1) is 35.1 Å². The van der Waals surface area contributed by atoms with E-state index in [9.17, 15) is 48.3 Å². The number of urea groups is 1. The molecule has 2 aromatic carbocycles. The molecule has 76 heavy (non-hydrogen) atoms. The summed E-state index contributed by atoms with van der Waals surface area (Å²) < 4.78 is 32.7. The Morgan fingerprint density at radius 1 is 0.947 bits per heavy atom. The highest BCUT2D eigenvalue weighted by Gasteiger charge is 2.46. The number of primary amides is 1. The van der Waals surface area contributed by atoms with Gasteiger partial charge in [-0.3, -0.25) is 28.8 Å². The summed E-state index contributed by atoms with van der Waals surface area (Å²) in [5.41, 5.74) is 7.28. The van der Waals surface area contributed by atoms with Crippen LogP contribution in [0.25, 0.3) is 22.3 Å². The molecule has 0 fully saturated rings. The summed E-state index contributed by atoms with van der Waals surface area (Å²) in [7, 11) is 0. The highest BCUT2D eigenvalue weighted by molar-refractivity contribution is 5.99. The third-order valence-corrected chi connectivity index (χ3v) is 13.7. The number of aryl methyl sites for hydroxylation is 1. The number of hydrogen-bond donors (Lipinski definition) is 9. The summed E-state index contributed by atoms with van der Waals surface area (Å²) in [5, 5.41) is 30.4. The molecule has 2 aromatic heterocycles. The summed E-state index contributed by atoms with van der Waals surface area (Å²) in [4.78, 5) is 120. The van der Waals surface area contributed by atoms with E-state index in [2.05, 4.69) is 37.2 Å². The monoisotopic (exact) mass is 1050 g/mol. The van der Waals surface area contributed by atoms with Crippen molar-refractivity contribution in [2.24, 2.45) is 17.6 Å². The molecule has 24 heteroatoms. The normalized spacial score (nSPS) is 16.8. The molecule has 8 amide bonds. The van der Waals surface area contributed by atoms with Crippen molar-refractivity contribution in [3.05, 3.63) is 91.5 Å². The molecule has 10 N–H and O–H groups in total. The third kappa shape index (κ3) is 12.2. The van der Waals surface area contributed by atoms with Crippen molar-refractivity contribution < 1.29 is 62.1 Å². The van der Waals surface area contributed by atoms with Gasteiger partial charge in [0, 0.05) is 40.7 Å². The number of ether oxygens (including phenoxy) is 3. The molecule has 4 aromatic rings. The lowest BCUT2D eigenvalue weighted by atomic mass is 9.81. The molecule has 0 saturated carbocycles. The second-order valence-electron chi connectivity index (χ2n) is 19.6. The van der Waals surface area contributed by atoms with E-state index in [4.69, 9.17) is 24.9 Å². The number of nitrogens with zero attached hydrogens (tertiary/aromatic N) is 2. The topological polar surface area (TPSA) is 330 Å².